The monoisotopic (exact) mass is 279 g/mol. The fraction of sp³-hybridized carbons (Fsp3) is 0.429. The summed E-state index contributed by atoms with van der Waals surface area (Å²) in [5.74, 6) is -0.203. The minimum absolute atomic E-state index is 0.101. The Bertz CT molecular complexity index is 432. The highest BCUT2D eigenvalue weighted by Gasteiger charge is 2.04. The lowest BCUT2D eigenvalue weighted by Crippen LogP contribution is -2.32. The molecule has 0 spiro atoms. The highest BCUT2D eigenvalue weighted by Crippen LogP contribution is 2.09. The number of methoxy groups -OCH3 is 1. The summed E-state index contributed by atoms with van der Waals surface area (Å²) in [6.45, 7) is 3.64. The summed E-state index contributed by atoms with van der Waals surface area (Å²) >= 11 is 0. The zero-order chi connectivity index (χ0) is 14.8. The zero-order valence-corrected chi connectivity index (χ0v) is 11.9. The van der Waals surface area contributed by atoms with E-state index in [2.05, 4.69) is 16.0 Å². The lowest BCUT2D eigenvalue weighted by molar-refractivity contribution is -0.119. The van der Waals surface area contributed by atoms with Gasteiger partial charge in [-0.25, -0.2) is 0 Å². The molecular weight excluding hydrogens is 258 g/mol. The Kier molecular flexibility index (Phi) is 7.13. The summed E-state index contributed by atoms with van der Waals surface area (Å²) in [7, 11) is 1.58. The first-order valence-corrected chi connectivity index (χ1v) is 6.55. The van der Waals surface area contributed by atoms with Gasteiger partial charge in [0.2, 0.25) is 5.91 Å². The summed E-state index contributed by atoms with van der Waals surface area (Å²) in [5.41, 5.74) is 1.39. The first kappa shape index (κ1) is 16.0. The Morgan fingerprint density at radius 2 is 1.85 bits per heavy atom. The molecule has 1 rings (SSSR count). The van der Waals surface area contributed by atoms with Crippen molar-refractivity contribution in [2.75, 3.05) is 38.7 Å². The van der Waals surface area contributed by atoms with Gasteiger partial charge in [0.1, 0.15) is 0 Å². The van der Waals surface area contributed by atoms with Gasteiger partial charge in [0.15, 0.2) is 0 Å². The molecule has 3 N–H and O–H groups in total. The van der Waals surface area contributed by atoms with Crippen molar-refractivity contribution < 1.29 is 14.3 Å². The van der Waals surface area contributed by atoms with Gasteiger partial charge in [-0.05, 0) is 31.2 Å². The normalized spacial score (nSPS) is 9.90. The maximum atomic E-state index is 11.6. The molecule has 6 nitrogen and oxygen atoms in total. The van der Waals surface area contributed by atoms with E-state index in [0.717, 1.165) is 5.69 Å². The highest BCUT2D eigenvalue weighted by atomic mass is 16.5. The fourth-order valence-electron chi connectivity index (χ4n) is 1.54. The van der Waals surface area contributed by atoms with Crippen LogP contribution in [0.25, 0.3) is 0 Å². The van der Waals surface area contributed by atoms with E-state index in [4.69, 9.17) is 4.74 Å². The van der Waals surface area contributed by atoms with E-state index in [1.807, 2.05) is 6.92 Å². The minimum atomic E-state index is -0.102. The average molecular weight is 279 g/mol. The van der Waals surface area contributed by atoms with Crippen LogP contribution in [0.3, 0.4) is 0 Å². The van der Waals surface area contributed by atoms with E-state index in [0.29, 0.717) is 25.3 Å². The van der Waals surface area contributed by atoms with Gasteiger partial charge >= 0.3 is 0 Å². The molecule has 0 saturated heterocycles. The van der Waals surface area contributed by atoms with E-state index in [1.54, 1.807) is 31.4 Å². The highest BCUT2D eigenvalue weighted by molar-refractivity contribution is 5.94. The molecular formula is C14H21N3O3. The molecule has 0 aromatic heterocycles. The second-order valence-corrected chi connectivity index (χ2v) is 4.13. The molecule has 0 heterocycles. The maximum absolute atomic E-state index is 11.6. The van der Waals surface area contributed by atoms with Crippen LogP contribution in [0.2, 0.25) is 0 Å². The van der Waals surface area contributed by atoms with E-state index in [-0.39, 0.29) is 18.4 Å². The summed E-state index contributed by atoms with van der Waals surface area (Å²) in [6.07, 6.45) is 0. The second kappa shape index (κ2) is 8.92. The molecule has 0 unspecified atom stereocenters. The molecule has 0 fully saturated rings. The van der Waals surface area contributed by atoms with Gasteiger partial charge in [0, 0.05) is 31.5 Å². The number of hydrogen-bond acceptors (Lipinski definition) is 4. The molecule has 1 aromatic rings. The summed E-state index contributed by atoms with van der Waals surface area (Å²) < 4.78 is 4.84. The van der Waals surface area contributed by atoms with Crippen LogP contribution in [-0.4, -0.2) is 45.2 Å². The number of anilines is 1. The standard InChI is InChI=1S/C14H21N3O3/c1-3-15-14(19)11-4-6-12(7-5-11)17-10-13(18)16-8-9-20-2/h4-7,17H,3,8-10H2,1-2H3,(H,15,19)(H,16,18). The lowest BCUT2D eigenvalue weighted by atomic mass is 10.2. The predicted molar refractivity (Wildman–Crippen MR) is 77.8 cm³/mol. The van der Waals surface area contributed by atoms with Crippen LogP contribution in [0.1, 0.15) is 17.3 Å². The number of carbonyl (C=O) groups is 2. The quantitative estimate of drug-likeness (QED) is 0.609. The molecule has 1 aromatic carbocycles. The van der Waals surface area contributed by atoms with Gasteiger partial charge in [-0.2, -0.15) is 0 Å². The molecule has 0 radical (unpaired) electrons. The molecule has 0 atom stereocenters. The molecule has 0 aliphatic heterocycles. The van der Waals surface area contributed by atoms with Crippen molar-refractivity contribution in [3.05, 3.63) is 29.8 Å². The fourth-order valence-corrected chi connectivity index (χ4v) is 1.54. The number of hydrogen-bond donors (Lipinski definition) is 3. The van der Waals surface area contributed by atoms with Gasteiger partial charge in [0.25, 0.3) is 5.91 Å². The minimum Gasteiger partial charge on any atom is -0.383 e. The van der Waals surface area contributed by atoms with Gasteiger partial charge in [-0.1, -0.05) is 0 Å². The molecule has 6 heteroatoms. The summed E-state index contributed by atoms with van der Waals surface area (Å²) in [5, 5.41) is 8.42. The van der Waals surface area contributed by atoms with Crippen molar-refractivity contribution in [2.45, 2.75) is 6.92 Å². The van der Waals surface area contributed by atoms with Crippen LogP contribution in [0, 0.1) is 0 Å². The Labute approximate surface area is 118 Å². The third-order valence-electron chi connectivity index (χ3n) is 2.57. The molecule has 0 bridgehead atoms. The number of ether oxygens (including phenoxy) is 1. The lowest BCUT2D eigenvalue weighted by Gasteiger charge is -2.08. The number of carbonyl (C=O) groups excluding carboxylic acids is 2. The van der Waals surface area contributed by atoms with Gasteiger partial charge in [0.05, 0.1) is 13.2 Å². The van der Waals surface area contributed by atoms with Gasteiger partial charge < -0.3 is 20.7 Å². The molecule has 20 heavy (non-hydrogen) atoms. The van der Waals surface area contributed by atoms with Crippen LogP contribution in [0.4, 0.5) is 5.69 Å². The van der Waals surface area contributed by atoms with Crippen LogP contribution in [0.15, 0.2) is 24.3 Å². The van der Waals surface area contributed by atoms with E-state index in [9.17, 15) is 9.59 Å². The summed E-state index contributed by atoms with van der Waals surface area (Å²) in [4.78, 5) is 23.0. The Balaban J connectivity index is 2.38. The Morgan fingerprint density at radius 1 is 1.15 bits per heavy atom. The van der Waals surface area contributed by atoms with E-state index in [1.165, 1.54) is 0 Å². The SMILES string of the molecule is CCNC(=O)c1ccc(NCC(=O)NCCOC)cc1. The third-order valence-corrected chi connectivity index (χ3v) is 2.57. The van der Waals surface area contributed by atoms with Crippen molar-refractivity contribution in [3.8, 4) is 0 Å². The van der Waals surface area contributed by atoms with Crippen molar-refractivity contribution in [1.82, 2.24) is 10.6 Å². The van der Waals surface area contributed by atoms with Crippen molar-refractivity contribution in [3.63, 3.8) is 0 Å². The smallest absolute Gasteiger partial charge is 0.251 e. The Hall–Kier alpha value is -2.08. The van der Waals surface area contributed by atoms with Crippen LogP contribution >= 0.6 is 0 Å². The van der Waals surface area contributed by atoms with Crippen LogP contribution in [-0.2, 0) is 9.53 Å². The topological polar surface area (TPSA) is 79.5 Å². The molecule has 110 valence electrons. The molecule has 0 aliphatic rings. The molecule has 0 aliphatic carbocycles. The number of rotatable bonds is 8. The molecule has 0 saturated carbocycles. The largest absolute Gasteiger partial charge is 0.383 e. The first-order valence-electron chi connectivity index (χ1n) is 6.55. The van der Waals surface area contributed by atoms with Crippen molar-refractivity contribution in [2.24, 2.45) is 0 Å². The van der Waals surface area contributed by atoms with Gasteiger partial charge in [-0.15, -0.1) is 0 Å². The summed E-state index contributed by atoms with van der Waals surface area (Å²) in [6, 6.07) is 6.98. The van der Waals surface area contributed by atoms with E-state index >= 15 is 0 Å². The second-order valence-electron chi connectivity index (χ2n) is 4.13. The number of benzene rings is 1. The average Bonchev–Trinajstić information content (AvgIpc) is 2.46. The molecule has 2 amide bonds. The van der Waals surface area contributed by atoms with Crippen molar-refractivity contribution >= 4 is 17.5 Å². The number of nitrogens with one attached hydrogen (secondary N) is 3. The van der Waals surface area contributed by atoms with Crippen molar-refractivity contribution in [1.29, 1.82) is 0 Å². The number of amides is 2. The maximum Gasteiger partial charge on any atom is 0.251 e. The first-order chi connectivity index (χ1) is 9.67. The van der Waals surface area contributed by atoms with Crippen LogP contribution < -0.4 is 16.0 Å². The van der Waals surface area contributed by atoms with Gasteiger partial charge in [-0.3, -0.25) is 9.59 Å². The third kappa shape index (κ3) is 5.71. The van der Waals surface area contributed by atoms with E-state index < -0.39 is 0 Å². The zero-order valence-electron chi connectivity index (χ0n) is 11.9. The van der Waals surface area contributed by atoms with Crippen LogP contribution in [0.5, 0.6) is 0 Å². The Morgan fingerprint density at radius 3 is 2.45 bits per heavy atom. The predicted octanol–water partition coefficient (Wildman–Crippen LogP) is 0.611.